The van der Waals surface area contributed by atoms with Gasteiger partial charge in [0.2, 0.25) is 0 Å². The van der Waals surface area contributed by atoms with Crippen molar-refractivity contribution in [3.05, 3.63) is 35.0 Å². The van der Waals surface area contributed by atoms with Gasteiger partial charge in [0.1, 0.15) is 0 Å². The molecule has 0 saturated heterocycles. The molecule has 0 radical (unpaired) electrons. The molecule has 66 valence electrons. The van der Waals surface area contributed by atoms with Crippen LogP contribution in [0.25, 0.3) is 10.9 Å². The highest BCUT2D eigenvalue weighted by Crippen LogP contribution is 2.20. The Morgan fingerprint density at radius 3 is 2.92 bits per heavy atom. The Morgan fingerprint density at radius 1 is 1.31 bits per heavy atom. The Balaban J connectivity index is 2.80. The molecular weight excluding hydrogens is 198 g/mol. The molecule has 3 heteroatoms. The number of hydrogen-bond acceptors (Lipinski definition) is 2. The van der Waals surface area contributed by atoms with E-state index < -0.39 is 0 Å². The number of pyridine rings is 1. The minimum atomic E-state index is 0.904. The van der Waals surface area contributed by atoms with Crippen molar-refractivity contribution in [3.63, 3.8) is 0 Å². The number of rotatable bonds is 1. The summed E-state index contributed by atoms with van der Waals surface area (Å²) in [5, 5.41) is 1.12. The third-order valence-electron chi connectivity index (χ3n) is 1.97. The number of H-pyrrole nitrogens is 1. The van der Waals surface area contributed by atoms with Crippen LogP contribution in [0, 0.1) is 4.51 Å². The molecule has 0 saturated carbocycles. The molecule has 1 aromatic heterocycles. The standard InChI is InChI=1S/C10H9NS2/c1-13-7-2-3-8-9(6-7)11-5-4-10(8)12/h2-6H,1H3,(H,11,12). The van der Waals surface area contributed by atoms with Crippen molar-refractivity contribution in [1.82, 2.24) is 4.98 Å². The van der Waals surface area contributed by atoms with Crippen molar-refractivity contribution in [2.75, 3.05) is 6.26 Å². The van der Waals surface area contributed by atoms with Crippen LogP contribution in [0.15, 0.2) is 35.4 Å². The van der Waals surface area contributed by atoms with Gasteiger partial charge in [0.15, 0.2) is 0 Å². The van der Waals surface area contributed by atoms with Gasteiger partial charge in [-0.1, -0.05) is 18.3 Å². The van der Waals surface area contributed by atoms with Crippen LogP contribution < -0.4 is 0 Å². The first-order valence-corrected chi connectivity index (χ1v) is 5.60. The van der Waals surface area contributed by atoms with Gasteiger partial charge in [-0.05, 0) is 24.5 Å². The summed E-state index contributed by atoms with van der Waals surface area (Å²) in [6.45, 7) is 0. The summed E-state index contributed by atoms with van der Waals surface area (Å²) in [6.07, 6.45) is 3.95. The van der Waals surface area contributed by atoms with E-state index in [1.165, 1.54) is 4.90 Å². The van der Waals surface area contributed by atoms with Crippen molar-refractivity contribution in [2.45, 2.75) is 4.90 Å². The Bertz CT molecular complexity index is 487. The fraction of sp³-hybridized carbons (Fsp3) is 0.100. The Kier molecular flexibility index (Phi) is 2.38. The molecule has 0 spiro atoms. The van der Waals surface area contributed by atoms with Crippen LogP contribution in [-0.2, 0) is 0 Å². The van der Waals surface area contributed by atoms with Crippen LogP contribution in [-0.4, -0.2) is 11.2 Å². The molecule has 2 aromatic rings. The topological polar surface area (TPSA) is 15.8 Å². The van der Waals surface area contributed by atoms with Crippen molar-refractivity contribution in [2.24, 2.45) is 0 Å². The lowest BCUT2D eigenvalue weighted by atomic mass is 10.2. The summed E-state index contributed by atoms with van der Waals surface area (Å²) < 4.78 is 0.904. The molecule has 1 heterocycles. The summed E-state index contributed by atoms with van der Waals surface area (Å²) in [6, 6.07) is 8.20. The number of aromatic amines is 1. The molecule has 0 aliphatic heterocycles. The van der Waals surface area contributed by atoms with Gasteiger partial charge in [-0.15, -0.1) is 11.8 Å². The summed E-state index contributed by atoms with van der Waals surface area (Å²) in [7, 11) is 0. The van der Waals surface area contributed by atoms with Crippen molar-refractivity contribution < 1.29 is 0 Å². The van der Waals surface area contributed by atoms with Gasteiger partial charge in [-0.25, -0.2) is 0 Å². The SMILES string of the molecule is CSc1ccc2c(=S)cc[nH]c2c1. The lowest BCUT2D eigenvalue weighted by Crippen LogP contribution is -1.79. The van der Waals surface area contributed by atoms with E-state index in [1.807, 2.05) is 12.3 Å². The lowest BCUT2D eigenvalue weighted by molar-refractivity contribution is 1.37. The van der Waals surface area contributed by atoms with Crippen molar-refractivity contribution in [1.29, 1.82) is 0 Å². The maximum absolute atomic E-state index is 5.21. The number of aromatic nitrogens is 1. The number of thioether (sulfide) groups is 1. The van der Waals surface area contributed by atoms with Gasteiger partial charge in [0, 0.05) is 26.5 Å². The summed E-state index contributed by atoms with van der Waals surface area (Å²) >= 11 is 6.94. The summed E-state index contributed by atoms with van der Waals surface area (Å²) in [4.78, 5) is 4.44. The highest BCUT2D eigenvalue weighted by molar-refractivity contribution is 7.98. The zero-order chi connectivity index (χ0) is 9.26. The first-order valence-electron chi connectivity index (χ1n) is 3.97. The smallest absolute Gasteiger partial charge is 0.0484 e. The largest absolute Gasteiger partial charge is 0.361 e. The lowest BCUT2D eigenvalue weighted by Gasteiger charge is -2.00. The maximum atomic E-state index is 5.21. The van der Waals surface area contributed by atoms with E-state index in [-0.39, 0.29) is 0 Å². The molecule has 0 amide bonds. The molecule has 0 aliphatic rings. The summed E-state index contributed by atoms with van der Waals surface area (Å²) in [5.41, 5.74) is 1.11. The number of hydrogen-bond donors (Lipinski definition) is 1. The van der Waals surface area contributed by atoms with E-state index in [0.29, 0.717) is 0 Å². The third kappa shape index (κ3) is 1.62. The number of nitrogens with one attached hydrogen (secondary N) is 1. The molecule has 13 heavy (non-hydrogen) atoms. The van der Waals surface area contributed by atoms with E-state index in [9.17, 15) is 0 Å². The van der Waals surface area contributed by atoms with Gasteiger partial charge >= 0.3 is 0 Å². The fourth-order valence-electron chi connectivity index (χ4n) is 1.28. The average Bonchev–Trinajstić information content (AvgIpc) is 2.18. The van der Waals surface area contributed by atoms with Gasteiger partial charge in [0.25, 0.3) is 0 Å². The fourth-order valence-corrected chi connectivity index (χ4v) is 1.97. The minimum Gasteiger partial charge on any atom is -0.361 e. The maximum Gasteiger partial charge on any atom is 0.0484 e. The Labute approximate surface area is 86.2 Å². The number of fused-ring (bicyclic) bond motifs is 1. The second-order valence-electron chi connectivity index (χ2n) is 2.75. The second kappa shape index (κ2) is 3.52. The third-order valence-corrected chi connectivity index (χ3v) is 3.05. The molecule has 0 bridgehead atoms. The molecule has 2 rings (SSSR count). The van der Waals surface area contributed by atoms with Crippen LogP contribution in [0.3, 0.4) is 0 Å². The second-order valence-corrected chi connectivity index (χ2v) is 4.07. The van der Waals surface area contributed by atoms with Crippen LogP contribution >= 0.6 is 24.0 Å². The van der Waals surface area contributed by atoms with Crippen molar-refractivity contribution >= 4 is 34.9 Å². The molecule has 0 atom stereocenters. The van der Waals surface area contributed by atoms with E-state index in [0.717, 1.165) is 15.4 Å². The van der Waals surface area contributed by atoms with E-state index >= 15 is 0 Å². The van der Waals surface area contributed by atoms with E-state index in [4.69, 9.17) is 12.2 Å². The number of benzene rings is 1. The predicted octanol–water partition coefficient (Wildman–Crippen LogP) is 3.62. The van der Waals surface area contributed by atoms with Crippen LogP contribution in [0.4, 0.5) is 0 Å². The van der Waals surface area contributed by atoms with Gasteiger partial charge in [0.05, 0.1) is 0 Å². The average molecular weight is 207 g/mol. The molecule has 0 aliphatic carbocycles. The first kappa shape index (κ1) is 8.78. The van der Waals surface area contributed by atoms with E-state index in [2.05, 4.69) is 29.4 Å². The normalized spacial score (nSPS) is 10.5. The highest BCUT2D eigenvalue weighted by Gasteiger charge is 1.95. The zero-order valence-corrected chi connectivity index (χ0v) is 8.84. The Morgan fingerprint density at radius 2 is 2.15 bits per heavy atom. The van der Waals surface area contributed by atoms with Crippen LogP contribution in [0.1, 0.15) is 0 Å². The van der Waals surface area contributed by atoms with Crippen LogP contribution in [0.5, 0.6) is 0 Å². The molecule has 0 unspecified atom stereocenters. The van der Waals surface area contributed by atoms with Gasteiger partial charge in [-0.3, -0.25) is 0 Å². The predicted molar refractivity (Wildman–Crippen MR) is 60.9 cm³/mol. The quantitative estimate of drug-likeness (QED) is 0.567. The Hall–Kier alpha value is -0.800. The molecule has 1 nitrogen and oxygen atoms in total. The van der Waals surface area contributed by atoms with Crippen molar-refractivity contribution in [3.8, 4) is 0 Å². The minimum absolute atomic E-state index is 0.904. The molecule has 1 aromatic carbocycles. The summed E-state index contributed by atoms with van der Waals surface area (Å²) in [5.74, 6) is 0. The molecular formula is C10H9NS2. The van der Waals surface area contributed by atoms with Gasteiger partial charge < -0.3 is 4.98 Å². The van der Waals surface area contributed by atoms with E-state index in [1.54, 1.807) is 11.8 Å². The molecule has 1 N–H and O–H groups in total. The first-order chi connectivity index (χ1) is 6.31. The zero-order valence-electron chi connectivity index (χ0n) is 7.20. The monoisotopic (exact) mass is 207 g/mol. The molecule has 0 fully saturated rings. The van der Waals surface area contributed by atoms with Gasteiger partial charge in [-0.2, -0.15) is 0 Å². The highest BCUT2D eigenvalue weighted by atomic mass is 32.2. The van der Waals surface area contributed by atoms with Crippen LogP contribution in [0.2, 0.25) is 0 Å².